The van der Waals surface area contributed by atoms with Crippen molar-refractivity contribution < 1.29 is 31.1 Å². The lowest BCUT2D eigenvalue weighted by Crippen LogP contribution is -2.48. The number of halogens is 6. The van der Waals surface area contributed by atoms with E-state index in [1.54, 1.807) is 11.8 Å². The number of carbonyl (C=O) groups is 1. The van der Waals surface area contributed by atoms with Gasteiger partial charge in [0.15, 0.2) is 0 Å². The molecule has 3 aromatic carbocycles. The second-order valence-corrected chi connectivity index (χ2v) is 11.4. The van der Waals surface area contributed by atoms with Crippen molar-refractivity contribution in [2.45, 2.75) is 48.7 Å². The summed E-state index contributed by atoms with van der Waals surface area (Å²) in [6.45, 7) is 0.224. The molecule has 0 N–H and O–H groups in total. The molecule has 5 rings (SSSR count). The number of rotatable bonds is 6. The summed E-state index contributed by atoms with van der Waals surface area (Å²) in [5.41, 5.74) is -0.720. The second-order valence-electron chi connectivity index (χ2n) is 10.1. The van der Waals surface area contributed by atoms with Gasteiger partial charge in [-0.25, -0.2) is 0 Å². The highest BCUT2D eigenvalue weighted by molar-refractivity contribution is 7.99. The van der Waals surface area contributed by atoms with Crippen molar-refractivity contribution in [1.29, 1.82) is 0 Å². The van der Waals surface area contributed by atoms with Gasteiger partial charge in [-0.2, -0.15) is 38.1 Å². The molecular weight excluding hydrogens is 562 g/mol. The molecule has 1 aliphatic rings. The summed E-state index contributed by atoms with van der Waals surface area (Å²) in [6.07, 6.45) is -6.67. The Bertz CT molecular complexity index is 1490. The number of carbonyl (C=O) groups excluding carboxylic acids is 1. The number of amides is 1. The second kappa shape index (κ2) is 11.8. The molecule has 1 fully saturated rings. The highest BCUT2D eigenvalue weighted by Gasteiger charge is 2.39. The molecular formula is C31H26F6N2OS. The van der Waals surface area contributed by atoms with Gasteiger partial charge in [-0.3, -0.25) is 9.78 Å². The van der Waals surface area contributed by atoms with Crippen molar-refractivity contribution >= 4 is 28.6 Å². The minimum absolute atomic E-state index is 0.0444. The van der Waals surface area contributed by atoms with Crippen LogP contribution in [-0.4, -0.2) is 33.6 Å². The Morgan fingerprint density at radius 3 is 2.20 bits per heavy atom. The smallest absolute Gasteiger partial charge is 0.335 e. The number of likely N-dealkylation sites (tertiary alicyclic amines) is 1. The highest BCUT2D eigenvalue weighted by Crippen LogP contribution is 2.38. The maximum absolute atomic E-state index is 13.5. The average molecular weight is 589 g/mol. The van der Waals surface area contributed by atoms with Gasteiger partial charge >= 0.3 is 12.4 Å². The van der Waals surface area contributed by atoms with E-state index in [-0.39, 0.29) is 17.9 Å². The lowest BCUT2D eigenvalue weighted by molar-refractivity contribution is -0.143. The molecule has 1 amide bonds. The number of nitrogens with zero attached hydrogens (tertiary/aromatic N) is 2. The number of hydrogen-bond acceptors (Lipinski definition) is 3. The van der Waals surface area contributed by atoms with E-state index >= 15 is 0 Å². The van der Waals surface area contributed by atoms with Crippen molar-refractivity contribution in [1.82, 2.24) is 9.88 Å². The van der Waals surface area contributed by atoms with Gasteiger partial charge in [-0.15, -0.1) is 0 Å². The number of alkyl halides is 6. The van der Waals surface area contributed by atoms with E-state index in [0.29, 0.717) is 37.1 Å². The SMILES string of the molecule is O=C(c1cc(C(F)(F)F)cc(C(F)(F)F)c1)N1CC[C@H](SCc2cnc3ccccc3c2)C[C@H]1Cc1ccccc1. The van der Waals surface area contributed by atoms with Crippen LogP contribution in [-0.2, 0) is 24.5 Å². The Kier molecular flexibility index (Phi) is 8.31. The van der Waals surface area contributed by atoms with Crippen molar-refractivity contribution in [2.75, 3.05) is 6.54 Å². The van der Waals surface area contributed by atoms with Crippen LogP contribution in [0.1, 0.15) is 45.5 Å². The molecule has 214 valence electrons. The quantitative estimate of drug-likeness (QED) is 0.212. The van der Waals surface area contributed by atoms with E-state index in [1.807, 2.05) is 60.8 Å². The molecule has 41 heavy (non-hydrogen) atoms. The minimum atomic E-state index is -5.03. The molecule has 2 atom stereocenters. The van der Waals surface area contributed by atoms with Crippen LogP contribution in [0.3, 0.4) is 0 Å². The van der Waals surface area contributed by atoms with Crippen molar-refractivity contribution in [3.63, 3.8) is 0 Å². The molecule has 1 aliphatic heterocycles. The first-order valence-corrected chi connectivity index (χ1v) is 14.1. The zero-order valence-electron chi connectivity index (χ0n) is 21.8. The Morgan fingerprint density at radius 2 is 1.51 bits per heavy atom. The van der Waals surface area contributed by atoms with E-state index in [9.17, 15) is 31.1 Å². The maximum Gasteiger partial charge on any atom is 0.416 e. The Balaban J connectivity index is 1.38. The number of para-hydroxylation sites is 1. The van der Waals surface area contributed by atoms with Gasteiger partial charge in [-0.05, 0) is 60.7 Å². The first kappa shape index (κ1) is 29.0. The fourth-order valence-electron chi connectivity index (χ4n) is 5.17. The van der Waals surface area contributed by atoms with Gasteiger partial charge in [0.2, 0.25) is 0 Å². The Hall–Kier alpha value is -3.53. The predicted molar refractivity (Wildman–Crippen MR) is 147 cm³/mol. The van der Waals surface area contributed by atoms with Gasteiger partial charge in [-0.1, -0.05) is 48.5 Å². The molecule has 0 radical (unpaired) electrons. The molecule has 0 saturated carbocycles. The van der Waals surface area contributed by atoms with E-state index in [4.69, 9.17) is 0 Å². The molecule has 3 nitrogen and oxygen atoms in total. The van der Waals surface area contributed by atoms with Crippen LogP contribution in [0.2, 0.25) is 0 Å². The summed E-state index contributed by atoms with van der Waals surface area (Å²) < 4.78 is 80.8. The standard InChI is InChI=1S/C31H26F6N2OS/c32-30(33,34)24-14-23(15-25(16-24)31(35,36)37)29(40)39-11-10-27(17-26(39)13-20-6-2-1-3-7-20)41-19-21-12-22-8-4-5-9-28(22)38-18-21/h1-9,12,14-16,18,26-27H,10-11,13,17,19H2/t26-,27+/m1/s1. The summed E-state index contributed by atoms with van der Waals surface area (Å²) in [5, 5.41) is 1.18. The fourth-order valence-corrected chi connectivity index (χ4v) is 6.38. The Morgan fingerprint density at radius 1 is 0.854 bits per heavy atom. The number of thioether (sulfide) groups is 1. The van der Waals surface area contributed by atoms with Gasteiger partial charge in [0.25, 0.3) is 5.91 Å². The number of hydrogen-bond donors (Lipinski definition) is 0. The molecule has 0 unspecified atom stereocenters. The van der Waals surface area contributed by atoms with Crippen LogP contribution in [0.25, 0.3) is 10.9 Å². The van der Waals surface area contributed by atoms with E-state index in [1.165, 1.54) is 4.90 Å². The summed E-state index contributed by atoms with van der Waals surface area (Å²) in [4.78, 5) is 19.5. The van der Waals surface area contributed by atoms with E-state index in [2.05, 4.69) is 11.1 Å². The van der Waals surface area contributed by atoms with Crippen LogP contribution in [0.15, 0.2) is 85.1 Å². The van der Waals surface area contributed by atoms with Crippen molar-refractivity contribution in [3.8, 4) is 0 Å². The molecule has 1 saturated heterocycles. The summed E-state index contributed by atoms with van der Waals surface area (Å²) in [6, 6.07) is 19.9. The number of fused-ring (bicyclic) bond motifs is 1. The third-order valence-corrected chi connectivity index (χ3v) is 8.61. The topological polar surface area (TPSA) is 33.2 Å². The van der Waals surface area contributed by atoms with Gasteiger partial charge in [0.1, 0.15) is 0 Å². The van der Waals surface area contributed by atoms with Crippen LogP contribution >= 0.6 is 11.8 Å². The molecule has 4 aromatic rings. The largest absolute Gasteiger partial charge is 0.416 e. The van der Waals surface area contributed by atoms with Crippen LogP contribution < -0.4 is 0 Å². The Labute approximate surface area is 237 Å². The third-order valence-electron chi connectivity index (χ3n) is 7.21. The molecule has 10 heteroatoms. The zero-order chi connectivity index (χ0) is 29.2. The van der Waals surface area contributed by atoms with Gasteiger partial charge < -0.3 is 4.90 Å². The van der Waals surface area contributed by atoms with Crippen LogP contribution in [0, 0.1) is 0 Å². The minimum Gasteiger partial charge on any atom is -0.335 e. The highest BCUT2D eigenvalue weighted by atomic mass is 32.2. The molecule has 1 aromatic heterocycles. The zero-order valence-corrected chi connectivity index (χ0v) is 22.6. The number of pyridine rings is 1. The normalized spacial score (nSPS) is 18.0. The summed E-state index contributed by atoms with van der Waals surface area (Å²) in [7, 11) is 0. The van der Waals surface area contributed by atoms with Crippen molar-refractivity contribution in [2.24, 2.45) is 0 Å². The lowest BCUT2D eigenvalue weighted by atomic mass is 9.94. The van der Waals surface area contributed by atoms with Gasteiger partial charge in [0, 0.05) is 40.7 Å². The predicted octanol–water partition coefficient (Wildman–Crippen LogP) is 8.42. The molecule has 2 heterocycles. The fraction of sp³-hybridized carbons (Fsp3) is 0.290. The molecule has 0 spiro atoms. The lowest BCUT2D eigenvalue weighted by Gasteiger charge is -2.40. The third kappa shape index (κ3) is 7.04. The number of aromatic nitrogens is 1. The first-order chi connectivity index (χ1) is 19.5. The first-order valence-electron chi connectivity index (χ1n) is 13.1. The molecule has 0 aliphatic carbocycles. The average Bonchev–Trinajstić information content (AvgIpc) is 2.95. The summed E-state index contributed by atoms with van der Waals surface area (Å²) in [5.74, 6) is -0.137. The van der Waals surface area contributed by atoms with Crippen LogP contribution in [0.5, 0.6) is 0 Å². The maximum atomic E-state index is 13.5. The van der Waals surface area contributed by atoms with Crippen molar-refractivity contribution in [3.05, 3.63) is 113 Å². The summed E-state index contributed by atoms with van der Waals surface area (Å²) >= 11 is 1.72. The number of benzene rings is 3. The van der Waals surface area contributed by atoms with Crippen LogP contribution in [0.4, 0.5) is 26.3 Å². The number of piperidine rings is 1. The van der Waals surface area contributed by atoms with E-state index in [0.717, 1.165) is 22.0 Å². The monoisotopic (exact) mass is 588 g/mol. The van der Waals surface area contributed by atoms with E-state index < -0.39 is 41.0 Å². The molecule has 0 bridgehead atoms. The van der Waals surface area contributed by atoms with Gasteiger partial charge in [0.05, 0.1) is 16.6 Å².